The van der Waals surface area contributed by atoms with E-state index in [1.165, 1.54) is 37.3 Å². The van der Waals surface area contributed by atoms with Gasteiger partial charge in [-0.3, -0.25) is 4.79 Å². The van der Waals surface area contributed by atoms with Gasteiger partial charge in [-0.15, -0.1) is 0 Å². The lowest BCUT2D eigenvalue weighted by Gasteiger charge is -2.40. The van der Waals surface area contributed by atoms with Crippen molar-refractivity contribution >= 4 is 11.8 Å². The molecule has 6 N–H and O–H groups in total. The Morgan fingerprint density at radius 2 is 1.54 bits per heavy atom. The van der Waals surface area contributed by atoms with Crippen LogP contribution in [-0.4, -0.2) is 79.7 Å². The molecule has 6 rings (SSSR count). The number of hydrogen-bond donors (Lipinski definition) is 6. The van der Waals surface area contributed by atoms with E-state index in [2.05, 4.69) is 0 Å². The Kier molecular flexibility index (Phi) is 6.50. The Balaban J connectivity index is 1.51. The first-order valence-corrected chi connectivity index (χ1v) is 12.8. The van der Waals surface area contributed by atoms with Crippen molar-refractivity contribution in [3.8, 4) is 39.9 Å². The molecular weight excluding hydrogens is 540 g/mol. The number of aliphatic hydroxyl groups is 3. The van der Waals surface area contributed by atoms with Gasteiger partial charge in [-0.1, -0.05) is 12.1 Å². The molecule has 4 unspecified atom stereocenters. The number of esters is 1. The van der Waals surface area contributed by atoms with Crippen LogP contribution in [0.1, 0.15) is 44.4 Å². The number of carbonyl (C=O) groups excluding carboxylic acids is 2. The van der Waals surface area contributed by atoms with Crippen LogP contribution in [0, 0.1) is 6.92 Å². The lowest BCUT2D eigenvalue weighted by atomic mass is 9.92. The van der Waals surface area contributed by atoms with E-state index in [9.17, 15) is 40.2 Å². The molecule has 3 heterocycles. The minimum absolute atomic E-state index is 0.00312. The largest absolute Gasteiger partial charge is 0.507 e. The number of phenolic OH excluding ortho intramolecular Hbond substituents is 3. The quantitative estimate of drug-likeness (QED) is 0.217. The van der Waals surface area contributed by atoms with Crippen LogP contribution in [0.25, 0.3) is 11.1 Å². The van der Waals surface area contributed by atoms with Crippen LogP contribution in [-0.2, 0) is 9.47 Å². The van der Waals surface area contributed by atoms with Crippen molar-refractivity contribution in [2.45, 2.75) is 50.2 Å². The highest BCUT2D eigenvalue weighted by Gasteiger charge is 2.46. The molecular formula is C29H26O12. The van der Waals surface area contributed by atoms with E-state index in [0.717, 1.165) is 0 Å². The second-order valence-corrected chi connectivity index (χ2v) is 10.2. The molecule has 0 radical (unpaired) electrons. The summed E-state index contributed by atoms with van der Waals surface area (Å²) in [6.45, 7) is 0.879. The van der Waals surface area contributed by atoms with Gasteiger partial charge in [0, 0.05) is 17.2 Å². The molecule has 12 heteroatoms. The Morgan fingerprint density at radius 3 is 2.32 bits per heavy atom. The minimum Gasteiger partial charge on any atom is -0.507 e. The fourth-order valence-corrected chi connectivity index (χ4v) is 5.22. The van der Waals surface area contributed by atoms with Crippen LogP contribution in [0.5, 0.6) is 28.7 Å². The van der Waals surface area contributed by atoms with Crippen molar-refractivity contribution in [2.24, 2.45) is 0 Å². The average molecular weight is 567 g/mol. The van der Waals surface area contributed by atoms with Crippen LogP contribution in [0.3, 0.4) is 0 Å². The van der Waals surface area contributed by atoms with E-state index in [-0.39, 0.29) is 45.9 Å². The van der Waals surface area contributed by atoms with Gasteiger partial charge in [-0.25, -0.2) is 4.79 Å². The van der Waals surface area contributed by atoms with Gasteiger partial charge in [-0.2, -0.15) is 0 Å². The number of aromatic hydroxyl groups is 3. The number of ether oxygens (including phenoxy) is 4. The number of hydrogen-bond acceptors (Lipinski definition) is 12. The molecule has 3 aromatic rings. The highest BCUT2D eigenvalue weighted by molar-refractivity contribution is 6.03. The van der Waals surface area contributed by atoms with E-state index < -0.39 is 66.7 Å². The van der Waals surface area contributed by atoms with Crippen LogP contribution in [0.15, 0.2) is 42.5 Å². The normalized spacial score (nSPS) is 27.2. The Hall–Kier alpha value is -4.36. The van der Waals surface area contributed by atoms with Gasteiger partial charge in [0.05, 0.1) is 6.42 Å². The number of cyclic esters (lactones) is 1. The van der Waals surface area contributed by atoms with Crippen LogP contribution in [0.2, 0.25) is 0 Å². The van der Waals surface area contributed by atoms with E-state index in [1.807, 2.05) is 0 Å². The predicted octanol–water partition coefficient (Wildman–Crippen LogP) is 1.84. The van der Waals surface area contributed by atoms with Crippen molar-refractivity contribution in [1.82, 2.24) is 0 Å². The van der Waals surface area contributed by atoms with E-state index >= 15 is 0 Å². The predicted molar refractivity (Wildman–Crippen MR) is 138 cm³/mol. The number of Topliss-reactive ketones (excluding diaryl/α,β-unsaturated/α-hetero) is 1. The molecule has 1 fully saturated rings. The molecule has 0 spiro atoms. The van der Waals surface area contributed by atoms with Gasteiger partial charge in [0.15, 0.2) is 5.78 Å². The number of benzene rings is 3. The maximum atomic E-state index is 13.2. The number of rotatable bonds is 0. The summed E-state index contributed by atoms with van der Waals surface area (Å²) in [5, 5.41) is 63.4. The van der Waals surface area contributed by atoms with Crippen LogP contribution >= 0.6 is 0 Å². The summed E-state index contributed by atoms with van der Waals surface area (Å²) >= 11 is 0. The smallest absolute Gasteiger partial charge is 0.342 e. The summed E-state index contributed by atoms with van der Waals surface area (Å²) < 4.78 is 22.8. The molecule has 3 aromatic carbocycles. The van der Waals surface area contributed by atoms with Gasteiger partial charge < -0.3 is 49.6 Å². The zero-order valence-electron chi connectivity index (χ0n) is 21.6. The molecule has 9 bridgehead atoms. The number of carbonyl (C=O) groups is 2. The van der Waals surface area contributed by atoms with Crippen molar-refractivity contribution in [3.05, 3.63) is 64.7 Å². The lowest BCUT2D eigenvalue weighted by Crippen LogP contribution is -2.60. The van der Waals surface area contributed by atoms with E-state index in [1.54, 1.807) is 12.1 Å². The van der Waals surface area contributed by atoms with Crippen LogP contribution < -0.4 is 9.47 Å². The molecule has 214 valence electrons. The second-order valence-electron chi connectivity index (χ2n) is 10.2. The second kappa shape index (κ2) is 9.93. The van der Waals surface area contributed by atoms with E-state index in [4.69, 9.17) is 18.9 Å². The fourth-order valence-electron chi connectivity index (χ4n) is 5.22. The number of fused-ring (bicyclic) bond motifs is 10. The number of phenols is 3. The first kappa shape index (κ1) is 26.8. The van der Waals surface area contributed by atoms with E-state index in [0.29, 0.717) is 11.1 Å². The molecule has 6 atom stereocenters. The van der Waals surface area contributed by atoms with Gasteiger partial charge in [-0.05, 0) is 42.3 Å². The SMILES string of the molecule is Cc1c2cc3c(c1O)C(=O)CC(O3)c1ccc(O)c(c1)-c1ccc(O)c(c1)C(=O)OCC1O[C@@H](O2)C(O)C(O)[C@@H]1O. The summed E-state index contributed by atoms with van der Waals surface area (Å²) in [5.74, 6) is -2.37. The Bertz CT molecular complexity index is 1570. The third kappa shape index (κ3) is 4.50. The number of aliphatic hydroxyl groups excluding tert-OH is 3. The molecule has 0 saturated carbocycles. The molecule has 3 aliphatic heterocycles. The van der Waals surface area contributed by atoms with Crippen molar-refractivity contribution < 1.29 is 59.2 Å². The molecule has 0 aromatic heterocycles. The Morgan fingerprint density at radius 1 is 0.805 bits per heavy atom. The molecule has 12 nitrogen and oxygen atoms in total. The first-order chi connectivity index (χ1) is 19.5. The number of ketones is 1. The fraction of sp³-hybridized carbons (Fsp3) is 0.310. The standard InChI is InChI=1S/C29H26O12/c1-11-19-9-21-23(24(11)33)18(32)8-20(39-21)13-3-5-16(30)14(7-13)12-2-4-17(31)15(6-12)28(37)38-10-22-25(34)26(35)27(36)29(40-19)41-22/h2-7,9,20,22,25-27,29-31,33-36H,8,10H2,1H3/t20?,22?,25-,26?,27?,29-/m1/s1. The topological polar surface area (TPSA) is 192 Å². The third-order valence-corrected chi connectivity index (χ3v) is 7.60. The molecule has 1 saturated heterocycles. The van der Waals surface area contributed by atoms with Gasteiger partial charge in [0.2, 0.25) is 6.29 Å². The summed E-state index contributed by atoms with van der Waals surface area (Å²) in [6.07, 6.45) is -9.09. The van der Waals surface area contributed by atoms with Gasteiger partial charge in [0.25, 0.3) is 0 Å². The maximum Gasteiger partial charge on any atom is 0.342 e. The summed E-state index contributed by atoms with van der Waals surface area (Å²) in [6, 6.07) is 9.94. The molecule has 0 aliphatic carbocycles. The first-order valence-electron chi connectivity index (χ1n) is 12.8. The van der Waals surface area contributed by atoms with Crippen molar-refractivity contribution in [1.29, 1.82) is 0 Å². The Labute approximate surface area is 232 Å². The van der Waals surface area contributed by atoms with Gasteiger partial charge >= 0.3 is 5.97 Å². The zero-order valence-corrected chi connectivity index (χ0v) is 21.6. The molecule has 0 amide bonds. The summed E-state index contributed by atoms with van der Waals surface area (Å²) in [5.41, 5.74) is 0.961. The zero-order chi connectivity index (χ0) is 29.2. The lowest BCUT2D eigenvalue weighted by molar-refractivity contribution is -0.277. The maximum absolute atomic E-state index is 13.2. The summed E-state index contributed by atoms with van der Waals surface area (Å²) in [7, 11) is 0. The molecule has 3 aliphatic rings. The summed E-state index contributed by atoms with van der Waals surface area (Å²) in [4.78, 5) is 26.1. The van der Waals surface area contributed by atoms with Gasteiger partial charge in [0.1, 0.15) is 77.0 Å². The average Bonchev–Trinajstić information content (AvgIpc) is 2.95. The molecule has 41 heavy (non-hydrogen) atoms. The third-order valence-electron chi connectivity index (χ3n) is 7.60. The highest BCUT2D eigenvalue weighted by atomic mass is 16.7. The monoisotopic (exact) mass is 566 g/mol. The minimum atomic E-state index is -1.76. The van der Waals surface area contributed by atoms with Crippen LogP contribution in [0.4, 0.5) is 0 Å². The highest BCUT2D eigenvalue weighted by Crippen LogP contribution is 2.46. The van der Waals surface area contributed by atoms with Crippen molar-refractivity contribution in [3.63, 3.8) is 0 Å². The van der Waals surface area contributed by atoms with Crippen molar-refractivity contribution in [2.75, 3.05) is 6.61 Å².